The Balaban J connectivity index is 1.67. The van der Waals surface area contributed by atoms with Gasteiger partial charge in [0.1, 0.15) is 0 Å². The summed E-state index contributed by atoms with van der Waals surface area (Å²) < 4.78 is 2.08. The number of imidazole rings is 1. The van der Waals surface area contributed by atoms with Crippen LogP contribution in [0.2, 0.25) is 0 Å². The van der Waals surface area contributed by atoms with E-state index in [1.807, 2.05) is 67.6 Å². The molecular weight excluding hydrogens is 330 g/mol. The molecule has 5 heteroatoms. The number of aromatic nitrogens is 2. The monoisotopic (exact) mass is 351 g/mol. The van der Waals surface area contributed by atoms with Gasteiger partial charge in [-0.05, 0) is 24.6 Å². The molecule has 128 valence electrons. The lowest BCUT2D eigenvalue weighted by molar-refractivity contribution is -0.119. The minimum Gasteiger partial charge on any atom is -0.349 e. The Morgan fingerprint density at radius 3 is 2.72 bits per heavy atom. The maximum atomic E-state index is 12.3. The highest BCUT2D eigenvalue weighted by atomic mass is 32.2. The zero-order valence-corrected chi connectivity index (χ0v) is 15.0. The van der Waals surface area contributed by atoms with Crippen LogP contribution in [0, 0.1) is 0 Å². The predicted molar refractivity (Wildman–Crippen MR) is 104 cm³/mol. The Morgan fingerprint density at radius 2 is 1.96 bits per heavy atom. The summed E-state index contributed by atoms with van der Waals surface area (Å²) in [7, 11) is 0. The van der Waals surface area contributed by atoms with Crippen LogP contribution >= 0.6 is 11.8 Å². The number of hydrogen-bond donors (Lipinski definition) is 1. The lowest BCUT2D eigenvalue weighted by atomic mass is 10.1. The van der Waals surface area contributed by atoms with E-state index in [0.29, 0.717) is 12.3 Å². The molecule has 1 N–H and O–H groups in total. The topological polar surface area (TPSA) is 46.9 Å². The summed E-state index contributed by atoms with van der Waals surface area (Å²) in [4.78, 5) is 16.9. The number of benzene rings is 2. The van der Waals surface area contributed by atoms with Gasteiger partial charge >= 0.3 is 0 Å². The molecule has 2 aromatic carbocycles. The van der Waals surface area contributed by atoms with Crippen molar-refractivity contribution in [3.63, 3.8) is 0 Å². The first-order valence-electron chi connectivity index (χ1n) is 8.22. The van der Waals surface area contributed by atoms with Gasteiger partial charge in [0.2, 0.25) is 5.91 Å². The van der Waals surface area contributed by atoms with Gasteiger partial charge in [0.25, 0.3) is 0 Å². The highest BCUT2D eigenvalue weighted by Gasteiger charge is 2.14. The number of carbonyl (C=O) groups is 1. The molecule has 0 fully saturated rings. The molecule has 1 heterocycles. The smallest absolute Gasteiger partial charge is 0.230 e. The van der Waals surface area contributed by atoms with Crippen molar-refractivity contribution in [3.05, 3.63) is 72.8 Å². The highest BCUT2D eigenvalue weighted by Crippen LogP contribution is 2.24. The van der Waals surface area contributed by atoms with Crippen LogP contribution in [0.5, 0.6) is 0 Å². The number of nitrogens with one attached hydrogen (secondary N) is 1. The average molecular weight is 351 g/mol. The quantitative estimate of drug-likeness (QED) is 0.513. The number of hydrogen-bond acceptors (Lipinski definition) is 3. The van der Waals surface area contributed by atoms with Gasteiger partial charge < -0.3 is 9.88 Å². The van der Waals surface area contributed by atoms with Crippen molar-refractivity contribution in [2.75, 3.05) is 5.75 Å². The second-order valence-electron chi connectivity index (χ2n) is 5.77. The molecule has 4 nitrogen and oxygen atoms in total. The fraction of sp³-hybridized carbons (Fsp3) is 0.200. The average Bonchev–Trinajstić information content (AvgIpc) is 2.99. The summed E-state index contributed by atoms with van der Waals surface area (Å²) in [6.07, 6.45) is 1.84. The fourth-order valence-corrected chi connectivity index (χ4v) is 3.54. The molecule has 3 rings (SSSR count). The Hall–Kier alpha value is -2.53. The highest BCUT2D eigenvalue weighted by molar-refractivity contribution is 7.99. The Morgan fingerprint density at radius 1 is 1.24 bits per heavy atom. The third kappa shape index (κ3) is 4.12. The number of nitrogens with zero attached hydrogens (tertiary/aromatic N) is 2. The van der Waals surface area contributed by atoms with Crippen LogP contribution in [0.25, 0.3) is 11.0 Å². The first-order valence-corrected chi connectivity index (χ1v) is 9.21. The van der Waals surface area contributed by atoms with Gasteiger partial charge in [0.15, 0.2) is 5.16 Å². The summed E-state index contributed by atoms with van der Waals surface area (Å²) >= 11 is 1.45. The molecule has 0 bridgehead atoms. The minimum absolute atomic E-state index is 0.00133. The van der Waals surface area contributed by atoms with Crippen LogP contribution < -0.4 is 5.32 Å². The molecular formula is C20H21N3OS. The zero-order chi connectivity index (χ0) is 17.6. The van der Waals surface area contributed by atoms with E-state index in [1.165, 1.54) is 11.8 Å². The van der Waals surface area contributed by atoms with Crippen LogP contribution in [-0.4, -0.2) is 21.2 Å². The van der Waals surface area contributed by atoms with Gasteiger partial charge in [0.05, 0.1) is 22.8 Å². The molecule has 1 atom stereocenters. The van der Waals surface area contributed by atoms with E-state index in [4.69, 9.17) is 0 Å². The number of amides is 1. The molecule has 0 saturated heterocycles. The van der Waals surface area contributed by atoms with Crippen LogP contribution in [0.4, 0.5) is 0 Å². The standard InChI is InChI=1S/C20H21N3OS/c1-3-13-23-18-12-8-7-11-17(18)22-20(23)25-14-19(24)21-15(2)16-9-5-4-6-10-16/h3-12,15H,1,13-14H2,2H3,(H,21,24)/t15-/m1/s1. The normalized spacial score (nSPS) is 12.0. The van der Waals surface area contributed by atoms with Gasteiger partial charge in [-0.25, -0.2) is 4.98 Å². The van der Waals surface area contributed by atoms with E-state index >= 15 is 0 Å². The first-order chi connectivity index (χ1) is 12.2. The van der Waals surface area contributed by atoms with E-state index in [2.05, 4.69) is 21.4 Å². The molecule has 1 amide bonds. The van der Waals surface area contributed by atoms with E-state index in [1.54, 1.807) is 0 Å². The lowest BCUT2D eigenvalue weighted by Gasteiger charge is -2.14. The van der Waals surface area contributed by atoms with Crippen molar-refractivity contribution >= 4 is 28.7 Å². The number of thioether (sulfide) groups is 1. The number of allylic oxidation sites excluding steroid dienone is 1. The third-order valence-electron chi connectivity index (χ3n) is 3.94. The molecule has 0 spiro atoms. The SMILES string of the molecule is C=CCn1c(SCC(=O)N[C@H](C)c2ccccc2)nc2ccccc21. The second-order valence-corrected chi connectivity index (χ2v) is 6.71. The molecule has 0 aliphatic rings. The fourth-order valence-electron chi connectivity index (χ4n) is 2.71. The van der Waals surface area contributed by atoms with E-state index in [9.17, 15) is 4.79 Å². The van der Waals surface area contributed by atoms with E-state index < -0.39 is 0 Å². The van der Waals surface area contributed by atoms with Gasteiger partial charge in [-0.15, -0.1) is 6.58 Å². The first kappa shape index (κ1) is 17.3. The number of para-hydroxylation sites is 2. The minimum atomic E-state index is -0.0127. The second kappa shape index (κ2) is 8.03. The largest absolute Gasteiger partial charge is 0.349 e. The lowest BCUT2D eigenvalue weighted by Crippen LogP contribution is -2.28. The van der Waals surface area contributed by atoms with Crippen molar-refractivity contribution in [1.82, 2.24) is 14.9 Å². The van der Waals surface area contributed by atoms with Crippen molar-refractivity contribution in [2.45, 2.75) is 24.7 Å². The Bertz CT molecular complexity index is 873. The summed E-state index contributed by atoms with van der Waals surface area (Å²) in [5, 5.41) is 3.87. The van der Waals surface area contributed by atoms with Gasteiger partial charge in [-0.1, -0.05) is 60.3 Å². The zero-order valence-electron chi connectivity index (χ0n) is 14.2. The number of fused-ring (bicyclic) bond motifs is 1. The van der Waals surface area contributed by atoms with Crippen LogP contribution in [0.3, 0.4) is 0 Å². The van der Waals surface area contributed by atoms with Crippen molar-refractivity contribution in [1.29, 1.82) is 0 Å². The van der Waals surface area contributed by atoms with Crippen molar-refractivity contribution in [2.24, 2.45) is 0 Å². The third-order valence-corrected chi connectivity index (χ3v) is 4.92. The molecule has 3 aromatic rings. The van der Waals surface area contributed by atoms with Crippen molar-refractivity contribution < 1.29 is 4.79 Å². The van der Waals surface area contributed by atoms with Gasteiger partial charge in [0, 0.05) is 6.54 Å². The van der Waals surface area contributed by atoms with Gasteiger partial charge in [-0.3, -0.25) is 4.79 Å². The summed E-state index contributed by atoms with van der Waals surface area (Å²) in [5.74, 6) is 0.330. The van der Waals surface area contributed by atoms with E-state index in [0.717, 1.165) is 21.8 Å². The summed E-state index contributed by atoms with van der Waals surface area (Å²) in [5.41, 5.74) is 3.09. The maximum Gasteiger partial charge on any atom is 0.230 e. The Labute approximate surface area is 152 Å². The molecule has 0 aliphatic heterocycles. The number of rotatable bonds is 7. The van der Waals surface area contributed by atoms with Gasteiger partial charge in [-0.2, -0.15) is 0 Å². The molecule has 1 aromatic heterocycles. The molecule has 0 aliphatic carbocycles. The van der Waals surface area contributed by atoms with Crippen LogP contribution in [0.1, 0.15) is 18.5 Å². The summed E-state index contributed by atoms with van der Waals surface area (Å²) in [6, 6.07) is 17.9. The molecule has 25 heavy (non-hydrogen) atoms. The van der Waals surface area contributed by atoms with E-state index in [-0.39, 0.29) is 11.9 Å². The van der Waals surface area contributed by atoms with Crippen LogP contribution in [0.15, 0.2) is 72.4 Å². The number of carbonyl (C=O) groups excluding carboxylic acids is 1. The molecule has 0 saturated carbocycles. The van der Waals surface area contributed by atoms with Crippen molar-refractivity contribution in [3.8, 4) is 0 Å². The molecule has 0 unspecified atom stereocenters. The molecule has 0 radical (unpaired) electrons. The van der Waals surface area contributed by atoms with Crippen LogP contribution in [-0.2, 0) is 11.3 Å². The maximum absolute atomic E-state index is 12.3. The summed E-state index contributed by atoms with van der Waals surface area (Å²) in [6.45, 7) is 6.48. The predicted octanol–water partition coefficient (Wildman–Crippen LogP) is 4.19. The Kier molecular flexibility index (Phi) is 5.56.